The minimum atomic E-state index is 0. The SMILES string of the molecule is CCNC(=NCC1CCN(C)CC1)NCCc1cc(C)ccc1OC.I. The summed E-state index contributed by atoms with van der Waals surface area (Å²) >= 11 is 0. The topological polar surface area (TPSA) is 48.9 Å². The lowest BCUT2D eigenvalue weighted by Gasteiger charge is -2.28. The van der Waals surface area contributed by atoms with Crippen LogP contribution in [-0.4, -0.2) is 57.7 Å². The van der Waals surface area contributed by atoms with Crippen LogP contribution in [0.1, 0.15) is 30.9 Å². The lowest BCUT2D eigenvalue weighted by Crippen LogP contribution is -2.39. The Hall–Kier alpha value is -1.02. The maximum Gasteiger partial charge on any atom is 0.191 e. The Balaban J connectivity index is 0.00000338. The van der Waals surface area contributed by atoms with Crippen LogP contribution < -0.4 is 15.4 Å². The number of guanidine groups is 1. The number of rotatable bonds is 7. The molecule has 6 heteroatoms. The first-order valence-corrected chi connectivity index (χ1v) is 9.46. The molecule has 1 aromatic carbocycles. The second kappa shape index (κ2) is 12.4. The maximum absolute atomic E-state index is 5.46. The molecular weight excluding hydrogens is 439 g/mol. The first kappa shape index (κ1) is 23.0. The van der Waals surface area contributed by atoms with Crippen molar-refractivity contribution in [1.82, 2.24) is 15.5 Å². The number of hydrogen-bond donors (Lipinski definition) is 2. The van der Waals surface area contributed by atoms with Gasteiger partial charge in [-0.05, 0) is 70.8 Å². The van der Waals surface area contributed by atoms with Gasteiger partial charge in [-0.3, -0.25) is 4.99 Å². The van der Waals surface area contributed by atoms with Crippen molar-refractivity contribution in [3.63, 3.8) is 0 Å². The Morgan fingerprint density at radius 1 is 1.27 bits per heavy atom. The summed E-state index contributed by atoms with van der Waals surface area (Å²) in [6, 6.07) is 6.33. The standard InChI is InChI=1S/C20H34N4O.HI/c1-5-21-20(23-15-17-9-12-24(3)13-10-17)22-11-8-18-14-16(2)6-7-19(18)25-4;/h6-7,14,17H,5,8-13,15H2,1-4H3,(H2,21,22,23);1H. The molecule has 0 bridgehead atoms. The van der Waals surface area contributed by atoms with E-state index in [0.29, 0.717) is 5.92 Å². The highest BCUT2D eigenvalue weighted by Gasteiger charge is 2.16. The Morgan fingerprint density at radius 3 is 2.65 bits per heavy atom. The summed E-state index contributed by atoms with van der Waals surface area (Å²) in [5.41, 5.74) is 2.50. The van der Waals surface area contributed by atoms with Gasteiger partial charge in [0.2, 0.25) is 0 Å². The van der Waals surface area contributed by atoms with Crippen molar-refractivity contribution in [1.29, 1.82) is 0 Å². The summed E-state index contributed by atoms with van der Waals surface area (Å²) in [4.78, 5) is 7.20. The highest BCUT2D eigenvalue weighted by molar-refractivity contribution is 14.0. The number of nitrogens with one attached hydrogen (secondary N) is 2. The molecule has 1 aliphatic heterocycles. The lowest BCUT2D eigenvalue weighted by atomic mass is 9.97. The molecule has 0 atom stereocenters. The summed E-state index contributed by atoms with van der Waals surface area (Å²) in [5, 5.41) is 6.82. The Kier molecular flexibility index (Phi) is 11.0. The number of benzene rings is 1. The Labute approximate surface area is 176 Å². The van der Waals surface area contributed by atoms with Gasteiger partial charge in [0, 0.05) is 19.6 Å². The van der Waals surface area contributed by atoms with Crippen LogP contribution >= 0.6 is 24.0 Å². The Bertz CT molecular complexity index is 557. The third-order valence-electron chi connectivity index (χ3n) is 4.81. The fourth-order valence-corrected chi connectivity index (χ4v) is 3.23. The van der Waals surface area contributed by atoms with Gasteiger partial charge in [-0.15, -0.1) is 24.0 Å². The predicted molar refractivity (Wildman–Crippen MR) is 121 cm³/mol. The molecule has 1 aromatic rings. The van der Waals surface area contributed by atoms with Gasteiger partial charge in [-0.2, -0.15) is 0 Å². The molecule has 1 fully saturated rings. The van der Waals surface area contributed by atoms with E-state index in [1.165, 1.54) is 37.1 Å². The van der Waals surface area contributed by atoms with Gasteiger partial charge in [0.05, 0.1) is 7.11 Å². The number of aliphatic imine (C=N–C) groups is 1. The number of piperidine rings is 1. The smallest absolute Gasteiger partial charge is 0.191 e. The van der Waals surface area contributed by atoms with Crippen molar-refractivity contribution >= 4 is 29.9 Å². The summed E-state index contributed by atoms with van der Waals surface area (Å²) in [7, 11) is 3.93. The highest BCUT2D eigenvalue weighted by Crippen LogP contribution is 2.19. The van der Waals surface area contributed by atoms with E-state index in [2.05, 4.69) is 48.6 Å². The Morgan fingerprint density at radius 2 is 2.00 bits per heavy atom. The predicted octanol–water partition coefficient (Wildman–Crippen LogP) is 3.06. The number of aryl methyl sites for hydroxylation is 1. The average molecular weight is 474 g/mol. The number of likely N-dealkylation sites (tertiary alicyclic amines) is 1. The maximum atomic E-state index is 5.46. The van der Waals surface area contributed by atoms with E-state index in [-0.39, 0.29) is 24.0 Å². The van der Waals surface area contributed by atoms with Crippen molar-refractivity contribution in [3.05, 3.63) is 29.3 Å². The van der Waals surface area contributed by atoms with Gasteiger partial charge in [0.15, 0.2) is 5.96 Å². The monoisotopic (exact) mass is 474 g/mol. The zero-order chi connectivity index (χ0) is 18.1. The van der Waals surface area contributed by atoms with Gasteiger partial charge >= 0.3 is 0 Å². The van der Waals surface area contributed by atoms with E-state index in [9.17, 15) is 0 Å². The van der Waals surface area contributed by atoms with E-state index in [0.717, 1.165) is 37.8 Å². The van der Waals surface area contributed by atoms with Crippen LogP contribution in [0.5, 0.6) is 5.75 Å². The molecule has 5 nitrogen and oxygen atoms in total. The molecule has 148 valence electrons. The van der Waals surface area contributed by atoms with Crippen LogP contribution in [0.4, 0.5) is 0 Å². The van der Waals surface area contributed by atoms with Gasteiger partial charge in [0.1, 0.15) is 5.75 Å². The molecule has 0 radical (unpaired) electrons. The summed E-state index contributed by atoms with van der Waals surface area (Å²) in [6.45, 7) is 9.25. The molecule has 2 N–H and O–H groups in total. The minimum absolute atomic E-state index is 0. The average Bonchev–Trinajstić information content (AvgIpc) is 2.61. The molecule has 1 saturated heterocycles. The van der Waals surface area contributed by atoms with E-state index in [1.54, 1.807) is 7.11 Å². The van der Waals surface area contributed by atoms with E-state index < -0.39 is 0 Å². The molecule has 2 rings (SSSR count). The zero-order valence-corrected chi connectivity index (χ0v) is 19.0. The number of ether oxygens (including phenoxy) is 1. The summed E-state index contributed by atoms with van der Waals surface area (Å²) < 4.78 is 5.46. The normalized spacial score (nSPS) is 16.1. The molecule has 0 aromatic heterocycles. The first-order chi connectivity index (χ1) is 12.1. The third kappa shape index (κ3) is 7.70. The molecular formula is C20H35IN4O. The number of hydrogen-bond acceptors (Lipinski definition) is 3. The first-order valence-electron chi connectivity index (χ1n) is 9.46. The number of methoxy groups -OCH3 is 1. The molecule has 1 heterocycles. The summed E-state index contributed by atoms with van der Waals surface area (Å²) in [5.74, 6) is 2.59. The molecule has 0 aliphatic carbocycles. The van der Waals surface area contributed by atoms with E-state index in [4.69, 9.17) is 9.73 Å². The number of halogens is 1. The van der Waals surface area contributed by atoms with Crippen molar-refractivity contribution in [2.45, 2.75) is 33.1 Å². The fraction of sp³-hybridized carbons (Fsp3) is 0.650. The molecule has 0 saturated carbocycles. The molecule has 0 spiro atoms. The van der Waals surface area contributed by atoms with E-state index >= 15 is 0 Å². The fourth-order valence-electron chi connectivity index (χ4n) is 3.23. The summed E-state index contributed by atoms with van der Waals surface area (Å²) in [6.07, 6.45) is 3.42. The van der Waals surface area contributed by atoms with Crippen LogP contribution in [0, 0.1) is 12.8 Å². The van der Waals surface area contributed by atoms with Gasteiger partial charge in [-0.1, -0.05) is 17.7 Å². The third-order valence-corrected chi connectivity index (χ3v) is 4.81. The van der Waals surface area contributed by atoms with Crippen LogP contribution in [0.3, 0.4) is 0 Å². The molecule has 0 amide bonds. The second-order valence-electron chi connectivity index (χ2n) is 6.96. The van der Waals surface area contributed by atoms with E-state index in [1.807, 2.05) is 6.07 Å². The van der Waals surface area contributed by atoms with Crippen molar-refractivity contribution in [2.24, 2.45) is 10.9 Å². The largest absolute Gasteiger partial charge is 0.496 e. The van der Waals surface area contributed by atoms with Crippen LogP contribution in [0.25, 0.3) is 0 Å². The van der Waals surface area contributed by atoms with Gasteiger partial charge in [0.25, 0.3) is 0 Å². The minimum Gasteiger partial charge on any atom is -0.496 e. The van der Waals surface area contributed by atoms with Crippen LogP contribution in [0.15, 0.2) is 23.2 Å². The van der Waals surface area contributed by atoms with Crippen LogP contribution in [0.2, 0.25) is 0 Å². The van der Waals surface area contributed by atoms with Gasteiger partial charge < -0.3 is 20.3 Å². The van der Waals surface area contributed by atoms with Gasteiger partial charge in [-0.25, -0.2) is 0 Å². The van der Waals surface area contributed by atoms with Crippen molar-refractivity contribution in [2.75, 3.05) is 46.9 Å². The molecule has 26 heavy (non-hydrogen) atoms. The highest BCUT2D eigenvalue weighted by atomic mass is 127. The molecule has 1 aliphatic rings. The van der Waals surface area contributed by atoms with Crippen molar-refractivity contribution < 1.29 is 4.74 Å². The lowest BCUT2D eigenvalue weighted by molar-refractivity contribution is 0.223. The second-order valence-corrected chi connectivity index (χ2v) is 6.96. The zero-order valence-electron chi connectivity index (χ0n) is 16.7. The van der Waals surface area contributed by atoms with Crippen molar-refractivity contribution in [3.8, 4) is 5.75 Å². The number of nitrogens with zero attached hydrogens (tertiary/aromatic N) is 2. The van der Waals surface area contributed by atoms with Crippen LogP contribution in [-0.2, 0) is 6.42 Å². The molecule has 0 unspecified atom stereocenters. The quantitative estimate of drug-likeness (QED) is 0.363.